The maximum atomic E-state index is 13.1. The number of likely N-dealkylation sites (N-methyl/N-ethyl adjacent to an activating group) is 1. The summed E-state index contributed by atoms with van der Waals surface area (Å²) >= 11 is 0. The summed E-state index contributed by atoms with van der Waals surface area (Å²) < 4.78 is 2.12. The van der Waals surface area contributed by atoms with Crippen molar-refractivity contribution >= 4 is 18.1 Å². The molecular formula is C25H26N6O3. The number of imidazole rings is 1. The van der Waals surface area contributed by atoms with Crippen LogP contribution in [0.15, 0.2) is 36.9 Å². The van der Waals surface area contributed by atoms with E-state index in [0.717, 1.165) is 53.0 Å². The second-order valence-corrected chi connectivity index (χ2v) is 8.81. The molecule has 0 bridgehead atoms. The van der Waals surface area contributed by atoms with Crippen molar-refractivity contribution in [1.29, 1.82) is 0 Å². The average Bonchev–Trinajstić information content (AvgIpc) is 3.58. The third kappa shape index (κ3) is 3.76. The first kappa shape index (κ1) is 21.9. The number of nitrogens with zero attached hydrogens (tertiary/aromatic N) is 5. The fraction of sp³-hybridized carbons (Fsp3) is 0.360. The van der Waals surface area contributed by atoms with Gasteiger partial charge in [-0.05, 0) is 37.0 Å². The van der Waals surface area contributed by atoms with Crippen molar-refractivity contribution in [2.45, 2.75) is 44.2 Å². The molecule has 1 aliphatic carbocycles. The van der Waals surface area contributed by atoms with Crippen molar-refractivity contribution in [3.8, 4) is 22.5 Å². The fourth-order valence-corrected chi connectivity index (χ4v) is 4.74. The summed E-state index contributed by atoms with van der Waals surface area (Å²) in [5, 5.41) is 2.61. The van der Waals surface area contributed by atoms with Gasteiger partial charge in [0.05, 0.1) is 11.4 Å². The minimum atomic E-state index is -0.688. The SMILES string of the molecule is CNC(=O)C(CCC=O)N1Cc2cc(-c3nc(C4CC4)n(C)c3-c3cncnc3)ccc2C1=O. The van der Waals surface area contributed by atoms with E-state index in [0.29, 0.717) is 24.4 Å². The molecule has 2 amide bonds. The van der Waals surface area contributed by atoms with Crippen molar-refractivity contribution in [3.63, 3.8) is 0 Å². The highest BCUT2D eigenvalue weighted by atomic mass is 16.2. The number of hydrogen-bond acceptors (Lipinski definition) is 6. The van der Waals surface area contributed by atoms with Gasteiger partial charge >= 0.3 is 0 Å². The molecular weight excluding hydrogens is 432 g/mol. The quantitative estimate of drug-likeness (QED) is 0.519. The van der Waals surface area contributed by atoms with Crippen LogP contribution in [0.3, 0.4) is 0 Å². The first-order valence-corrected chi connectivity index (χ1v) is 11.4. The summed E-state index contributed by atoms with van der Waals surface area (Å²) in [6, 6.07) is 5.02. The molecule has 1 unspecified atom stereocenters. The lowest BCUT2D eigenvalue weighted by Crippen LogP contribution is -2.46. The Labute approximate surface area is 197 Å². The summed E-state index contributed by atoms with van der Waals surface area (Å²) in [5.74, 6) is 1.03. The first-order valence-electron chi connectivity index (χ1n) is 11.4. The number of amides is 2. The smallest absolute Gasteiger partial charge is 0.255 e. The summed E-state index contributed by atoms with van der Waals surface area (Å²) in [6.45, 7) is 0.311. The molecule has 5 rings (SSSR count). The monoisotopic (exact) mass is 458 g/mol. The predicted molar refractivity (Wildman–Crippen MR) is 125 cm³/mol. The molecule has 2 aliphatic rings. The highest BCUT2D eigenvalue weighted by Gasteiger charge is 2.36. The maximum absolute atomic E-state index is 13.1. The van der Waals surface area contributed by atoms with Gasteiger partial charge in [0, 0.05) is 62.1 Å². The van der Waals surface area contributed by atoms with Gasteiger partial charge in [-0.1, -0.05) is 6.07 Å². The second kappa shape index (κ2) is 8.81. The van der Waals surface area contributed by atoms with E-state index in [2.05, 4.69) is 19.9 Å². The van der Waals surface area contributed by atoms with Gasteiger partial charge in [-0.3, -0.25) is 9.59 Å². The lowest BCUT2D eigenvalue weighted by Gasteiger charge is -2.25. The molecule has 1 saturated carbocycles. The van der Waals surface area contributed by atoms with Gasteiger partial charge in [-0.15, -0.1) is 0 Å². The van der Waals surface area contributed by atoms with Gasteiger partial charge in [-0.2, -0.15) is 0 Å². The first-order chi connectivity index (χ1) is 16.5. The number of carbonyl (C=O) groups is 3. The number of benzene rings is 1. The zero-order chi connectivity index (χ0) is 23.8. The Kier molecular flexibility index (Phi) is 5.69. The van der Waals surface area contributed by atoms with Crippen LogP contribution in [0.1, 0.15) is 53.3 Å². The van der Waals surface area contributed by atoms with Crippen molar-refractivity contribution in [2.75, 3.05) is 7.05 Å². The van der Waals surface area contributed by atoms with Gasteiger partial charge in [-0.25, -0.2) is 15.0 Å². The van der Waals surface area contributed by atoms with Gasteiger partial charge in [0.15, 0.2) is 0 Å². The van der Waals surface area contributed by atoms with E-state index in [1.165, 1.54) is 13.4 Å². The third-order valence-corrected chi connectivity index (χ3v) is 6.60. The van der Waals surface area contributed by atoms with Crippen molar-refractivity contribution < 1.29 is 14.4 Å². The van der Waals surface area contributed by atoms with Crippen LogP contribution in [0.25, 0.3) is 22.5 Å². The van der Waals surface area contributed by atoms with Gasteiger partial charge < -0.3 is 19.6 Å². The van der Waals surface area contributed by atoms with Crippen molar-refractivity contribution in [2.24, 2.45) is 7.05 Å². The Morgan fingerprint density at radius 2 is 2.00 bits per heavy atom. The van der Waals surface area contributed by atoms with Gasteiger partial charge in [0.1, 0.15) is 24.5 Å². The van der Waals surface area contributed by atoms with E-state index in [4.69, 9.17) is 4.98 Å². The molecule has 9 heteroatoms. The molecule has 1 aliphatic heterocycles. The highest BCUT2D eigenvalue weighted by Crippen LogP contribution is 2.43. The number of aromatic nitrogens is 4. The average molecular weight is 459 g/mol. The maximum Gasteiger partial charge on any atom is 0.255 e. The van der Waals surface area contributed by atoms with Crippen molar-refractivity contribution in [3.05, 3.63) is 53.9 Å². The Balaban J connectivity index is 1.53. The summed E-state index contributed by atoms with van der Waals surface area (Å²) in [6.07, 6.45) is 8.60. The Bertz CT molecular complexity index is 1270. The minimum Gasteiger partial charge on any atom is -0.357 e. The number of aldehydes is 1. The number of nitrogens with one attached hydrogen (secondary N) is 1. The van der Waals surface area contributed by atoms with E-state index in [-0.39, 0.29) is 18.2 Å². The molecule has 1 atom stereocenters. The van der Waals surface area contributed by atoms with Crippen LogP contribution < -0.4 is 5.32 Å². The molecule has 3 aromatic rings. The second-order valence-electron chi connectivity index (χ2n) is 8.81. The predicted octanol–water partition coefficient (Wildman–Crippen LogP) is 2.47. The normalized spacial score (nSPS) is 15.8. The van der Waals surface area contributed by atoms with E-state index in [9.17, 15) is 14.4 Å². The van der Waals surface area contributed by atoms with Crippen LogP contribution in [0, 0.1) is 0 Å². The Morgan fingerprint density at radius 3 is 2.68 bits per heavy atom. The van der Waals surface area contributed by atoms with Crippen LogP contribution in [0.2, 0.25) is 0 Å². The van der Waals surface area contributed by atoms with E-state index >= 15 is 0 Å². The Hall–Kier alpha value is -3.88. The van der Waals surface area contributed by atoms with Gasteiger partial charge in [0.2, 0.25) is 5.91 Å². The number of carbonyl (C=O) groups excluding carboxylic acids is 3. The zero-order valence-electron chi connectivity index (χ0n) is 19.2. The largest absolute Gasteiger partial charge is 0.357 e. The van der Waals surface area contributed by atoms with Crippen molar-refractivity contribution in [1.82, 2.24) is 29.7 Å². The van der Waals surface area contributed by atoms with Crippen LogP contribution >= 0.6 is 0 Å². The third-order valence-electron chi connectivity index (χ3n) is 6.60. The molecule has 0 radical (unpaired) electrons. The summed E-state index contributed by atoms with van der Waals surface area (Å²) in [4.78, 5) is 51.4. The Morgan fingerprint density at radius 1 is 1.24 bits per heavy atom. The van der Waals surface area contributed by atoms with Crippen LogP contribution in [0.4, 0.5) is 0 Å². The summed E-state index contributed by atoms with van der Waals surface area (Å²) in [5.41, 5.74) is 4.97. The molecule has 9 nitrogen and oxygen atoms in total. The molecule has 34 heavy (non-hydrogen) atoms. The molecule has 1 aromatic carbocycles. The zero-order valence-corrected chi connectivity index (χ0v) is 19.2. The number of fused-ring (bicyclic) bond motifs is 1. The molecule has 0 spiro atoms. The van der Waals surface area contributed by atoms with E-state index in [1.54, 1.807) is 17.3 Å². The lowest BCUT2D eigenvalue weighted by molar-refractivity contribution is -0.125. The van der Waals surface area contributed by atoms with E-state index < -0.39 is 6.04 Å². The van der Waals surface area contributed by atoms with Crippen LogP contribution in [-0.2, 0) is 23.2 Å². The van der Waals surface area contributed by atoms with Crippen LogP contribution in [0.5, 0.6) is 0 Å². The number of hydrogen-bond donors (Lipinski definition) is 1. The molecule has 3 heterocycles. The number of rotatable bonds is 8. The highest BCUT2D eigenvalue weighted by molar-refractivity contribution is 6.01. The molecule has 174 valence electrons. The molecule has 1 fully saturated rings. The topological polar surface area (TPSA) is 110 Å². The molecule has 2 aromatic heterocycles. The minimum absolute atomic E-state index is 0.197. The van der Waals surface area contributed by atoms with E-state index in [1.807, 2.05) is 25.2 Å². The lowest BCUT2D eigenvalue weighted by atomic mass is 10.0. The summed E-state index contributed by atoms with van der Waals surface area (Å²) in [7, 11) is 3.56. The van der Waals surface area contributed by atoms with Crippen LogP contribution in [-0.4, -0.2) is 55.6 Å². The van der Waals surface area contributed by atoms with Gasteiger partial charge in [0.25, 0.3) is 5.91 Å². The standard InChI is InChI=1S/C25H26N6O3/c1-26-24(33)20(4-3-9-32)31-13-17-10-16(7-8-19(17)25(31)34)21-22(18-11-27-14-28-12-18)30(2)23(29-21)15-5-6-15/h7-12,14-15,20H,3-6,13H2,1-2H3,(H,26,33). The molecule has 1 N–H and O–H groups in total. The molecule has 0 saturated heterocycles. The fourth-order valence-electron chi connectivity index (χ4n) is 4.74.